The standard InChI is InChI=1S/C22H28FN3O.HI/c1-3-24-21(25-14-17-8-4-5-9-18(17)15-27-2)26-16-22(12-13-22)19-10-6-7-11-20(19)23;/h4-11H,3,12-16H2,1-2H3,(H2,24,25,26);1H. The van der Waals surface area contributed by atoms with Crippen molar-refractivity contribution in [3.63, 3.8) is 0 Å². The van der Waals surface area contributed by atoms with Crippen LogP contribution in [0.3, 0.4) is 0 Å². The van der Waals surface area contributed by atoms with Gasteiger partial charge in [0.15, 0.2) is 5.96 Å². The van der Waals surface area contributed by atoms with Gasteiger partial charge in [0.05, 0.1) is 13.2 Å². The predicted molar refractivity (Wildman–Crippen MR) is 123 cm³/mol. The fourth-order valence-corrected chi connectivity index (χ4v) is 3.35. The highest BCUT2D eigenvalue weighted by Gasteiger charge is 2.45. The van der Waals surface area contributed by atoms with Crippen LogP contribution in [0.25, 0.3) is 0 Å². The third kappa shape index (κ3) is 5.67. The van der Waals surface area contributed by atoms with Crippen molar-refractivity contribution in [3.05, 3.63) is 71.0 Å². The fraction of sp³-hybridized carbons (Fsp3) is 0.409. The van der Waals surface area contributed by atoms with Gasteiger partial charge in [-0.3, -0.25) is 0 Å². The molecule has 4 nitrogen and oxygen atoms in total. The van der Waals surface area contributed by atoms with Crippen molar-refractivity contribution in [2.24, 2.45) is 4.99 Å². The second-order valence-corrected chi connectivity index (χ2v) is 7.01. The molecule has 0 aliphatic heterocycles. The van der Waals surface area contributed by atoms with Gasteiger partial charge in [-0.25, -0.2) is 9.38 Å². The van der Waals surface area contributed by atoms with E-state index < -0.39 is 0 Å². The lowest BCUT2D eigenvalue weighted by molar-refractivity contribution is 0.184. The monoisotopic (exact) mass is 497 g/mol. The maximum absolute atomic E-state index is 14.2. The van der Waals surface area contributed by atoms with Gasteiger partial charge in [-0.2, -0.15) is 0 Å². The van der Waals surface area contributed by atoms with Crippen LogP contribution in [0.5, 0.6) is 0 Å². The molecule has 2 aromatic carbocycles. The number of halogens is 2. The van der Waals surface area contributed by atoms with Gasteiger partial charge in [0.1, 0.15) is 5.82 Å². The first-order chi connectivity index (χ1) is 13.2. The van der Waals surface area contributed by atoms with Gasteiger partial charge in [-0.05, 0) is 42.5 Å². The van der Waals surface area contributed by atoms with E-state index in [1.54, 1.807) is 19.2 Å². The summed E-state index contributed by atoms with van der Waals surface area (Å²) < 4.78 is 19.5. The number of benzene rings is 2. The van der Waals surface area contributed by atoms with E-state index in [-0.39, 0.29) is 35.2 Å². The third-order valence-corrected chi connectivity index (χ3v) is 5.06. The SMILES string of the molecule is CCNC(=NCc1ccccc1COC)NCC1(c2ccccc2F)CC1.I. The van der Waals surface area contributed by atoms with Gasteiger partial charge in [0.2, 0.25) is 0 Å². The van der Waals surface area contributed by atoms with E-state index in [4.69, 9.17) is 9.73 Å². The highest BCUT2D eigenvalue weighted by Crippen LogP contribution is 2.48. The fourth-order valence-electron chi connectivity index (χ4n) is 3.35. The molecule has 1 aliphatic carbocycles. The predicted octanol–water partition coefficient (Wildman–Crippen LogP) is 4.38. The van der Waals surface area contributed by atoms with Crippen molar-refractivity contribution < 1.29 is 9.13 Å². The minimum absolute atomic E-state index is 0. The smallest absolute Gasteiger partial charge is 0.191 e. The average Bonchev–Trinajstić information content (AvgIpc) is 3.46. The van der Waals surface area contributed by atoms with Crippen molar-refractivity contribution in [2.45, 2.75) is 38.3 Å². The van der Waals surface area contributed by atoms with E-state index in [2.05, 4.69) is 22.8 Å². The number of guanidine groups is 1. The van der Waals surface area contributed by atoms with Gasteiger partial charge in [0.25, 0.3) is 0 Å². The number of nitrogens with zero attached hydrogens (tertiary/aromatic N) is 1. The molecule has 2 aromatic rings. The lowest BCUT2D eigenvalue weighted by atomic mass is 9.95. The van der Waals surface area contributed by atoms with Crippen LogP contribution in [0.1, 0.15) is 36.5 Å². The van der Waals surface area contributed by atoms with Crippen LogP contribution < -0.4 is 10.6 Å². The highest BCUT2D eigenvalue weighted by molar-refractivity contribution is 14.0. The zero-order valence-electron chi connectivity index (χ0n) is 16.5. The van der Waals surface area contributed by atoms with E-state index in [1.807, 2.05) is 31.2 Å². The molecule has 0 radical (unpaired) electrons. The van der Waals surface area contributed by atoms with Gasteiger partial charge >= 0.3 is 0 Å². The summed E-state index contributed by atoms with van der Waals surface area (Å²) in [5.41, 5.74) is 2.98. The summed E-state index contributed by atoms with van der Waals surface area (Å²) in [4.78, 5) is 4.72. The van der Waals surface area contributed by atoms with Crippen LogP contribution in [-0.2, 0) is 23.3 Å². The molecule has 1 saturated carbocycles. The number of aliphatic imine (C=N–C) groups is 1. The normalized spacial score (nSPS) is 14.9. The second kappa shape index (κ2) is 10.8. The molecule has 6 heteroatoms. The molecule has 0 spiro atoms. The van der Waals surface area contributed by atoms with Crippen molar-refractivity contribution in [2.75, 3.05) is 20.2 Å². The van der Waals surface area contributed by atoms with Crippen molar-refractivity contribution >= 4 is 29.9 Å². The summed E-state index contributed by atoms with van der Waals surface area (Å²) in [6.45, 7) is 4.64. The van der Waals surface area contributed by atoms with Crippen LogP contribution in [0.4, 0.5) is 4.39 Å². The van der Waals surface area contributed by atoms with E-state index in [0.29, 0.717) is 19.7 Å². The van der Waals surface area contributed by atoms with Crippen molar-refractivity contribution in [1.82, 2.24) is 10.6 Å². The summed E-state index contributed by atoms with van der Waals surface area (Å²) >= 11 is 0. The second-order valence-electron chi connectivity index (χ2n) is 7.01. The van der Waals surface area contributed by atoms with Gasteiger partial charge in [-0.1, -0.05) is 42.5 Å². The Morgan fingerprint density at radius 2 is 1.75 bits per heavy atom. The highest BCUT2D eigenvalue weighted by atomic mass is 127. The molecule has 1 aliphatic rings. The van der Waals surface area contributed by atoms with E-state index in [0.717, 1.165) is 42.0 Å². The topological polar surface area (TPSA) is 45.7 Å². The largest absolute Gasteiger partial charge is 0.380 e. The molecule has 0 aromatic heterocycles. The third-order valence-electron chi connectivity index (χ3n) is 5.06. The lowest BCUT2D eigenvalue weighted by Gasteiger charge is -2.19. The summed E-state index contributed by atoms with van der Waals surface area (Å²) in [7, 11) is 1.70. The number of hydrogen-bond donors (Lipinski definition) is 2. The quantitative estimate of drug-likeness (QED) is 0.324. The average molecular weight is 497 g/mol. The number of hydrogen-bond acceptors (Lipinski definition) is 2. The Bertz CT molecular complexity index is 793. The van der Waals surface area contributed by atoms with E-state index in [9.17, 15) is 4.39 Å². The molecule has 2 N–H and O–H groups in total. The minimum Gasteiger partial charge on any atom is -0.380 e. The number of methoxy groups -OCH3 is 1. The minimum atomic E-state index is -0.118. The van der Waals surface area contributed by atoms with Gasteiger partial charge < -0.3 is 15.4 Å². The maximum Gasteiger partial charge on any atom is 0.191 e. The Morgan fingerprint density at radius 3 is 2.39 bits per heavy atom. The van der Waals surface area contributed by atoms with Gasteiger partial charge in [-0.15, -0.1) is 24.0 Å². The summed E-state index contributed by atoms with van der Waals surface area (Å²) in [6, 6.07) is 15.2. The molecule has 0 heterocycles. The first-order valence-corrected chi connectivity index (χ1v) is 9.51. The number of rotatable bonds is 8. The maximum atomic E-state index is 14.2. The molecular formula is C22H29FIN3O. The molecule has 28 heavy (non-hydrogen) atoms. The van der Waals surface area contributed by atoms with Crippen LogP contribution in [-0.4, -0.2) is 26.2 Å². The molecule has 0 bridgehead atoms. The molecule has 0 atom stereocenters. The first kappa shape index (κ1) is 22.6. The Kier molecular flexibility index (Phi) is 8.69. The van der Waals surface area contributed by atoms with Crippen molar-refractivity contribution in [3.8, 4) is 0 Å². The molecular weight excluding hydrogens is 468 g/mol. The van der Waals surface area contributed by atoms with E-state index in [1.165, 1.54) is 0 Å². The summed E-state index contributed by atoms with van der Waals surface area (Å²) in [5, 5.41) is 6.70. The van der Waals surface area contributed by atoms with Crippen LogP contribution in [0.2, 0.25) is 0 Å². The molecule has 0 unspecified atom stereocenters. The molecule has 0 saturated heterocycles. The number of ether oxygens (including phenoxy) is 1. The van der Waals surface area contributed by atoms with Crippen LogP contribution in [0, 0.1) is 5.82 Å². The zero-order valence-corrected chi connectivity index (χ0v) is 18.8. The lowest BCUT2D eigenvalue weighted by Crippen LogP contribution is -2.41. The summed E-state index contributed by atoms with van der Waals surface area (Å²) in [6.07, 6.45) is 1.99. The first-order valence-electron chi connectivity index (χ1n) is 9.51. The van der Waals surface area contributed by atoms with Crippen LogP contribution in [0.15, 0.2) is 53.5 Å². The molecule has 152 valence electrons. The molecule has 0 amide bonds. The molecule has 3 rings (SSSR count). The Labute approximate surface area is 184 Å². The zero-order chi connectivity index (χ0) is 19.1. The molecule has 1 fully saturated rings. The Balaban J connectivity index is 0.00000280. The van der Waals surface area contributed by atoms with Crippen molar-refractivity contribution in [1.29, 1.82) is 0 Å². The Hall–Kier alpha value is -1.67. The van der Waals surface area contributed by atoms with E-state index >= 15 is 0 Å². The van der Waals surface area contributed by atoms with Crippen LogP contribution >= 0.6 is 24.0 Å². The Morgan fingerprint density at radius 1 is 1.07 bits per heavy atom. The van der Waals surface area contributed by atoms with Gasteiger partial charge in [0, 0.05) is 25.6 Å². The number of nitrogens with one attached hydrogen (secondary N) is 2. The summed E-state index contributed by atoms with van der Waals surface area (Å²) in [5.74, 6) is 0.638.